The molecule has 1 aromatic rings. The van der Waals surface area contributed by atoms with Crippen LogP contribution in [0.5, 0.6) is 0 Å². The Morgan fingerprint density at radius 3 is 2.70 bits per heavy atom. The quantitative estimate of drug-likeness (QED) is 0.815. The molecule has 122 valence electrons. The van der Waals surface area contributed by atoms with Crippen LogP contribution in [-0.2, 0) is 14.3 Å². The molecule has 0 bridgehead atoms. The number of anilines is 1. The van der Waals surface area contributed by atoms with E-state index in [0.717, 1.165) is 10.5 Å². The van der Waals surface area contributed by atoms with Gasteiger partial charge >= 0.3 is 6.03 Å². The fraction of sp³-hybridized carbons (Fsp3) is 0.438. The first kappa shape index (κ1) is 15.5. The molecule has 2 N–H and O–H groups in total. The predicted molar refractivity (Wildman–Crippen MR) is 82.8 cm³/mol. The van der Waals surface area contributed by atoms with Crippen LogP contribution in [-0.4, -0.2) is 48.0 Å². The largest absolute Gasteiger partial charge is 0.381 e. The van der Waals surface area contributed by atoms with E-state index in [1.807, 2.05) is 25.1 Å². The third-order valence-corrected chi connectivity index (χ3v) is 4.31. The van der Waals surface area contributed by atoms with Gasteiger partial charge < -0.3 is 15.4 Å². The monoisotopic (exact) mass is 317 g/mol. The van der Waals surface area contributed by atoms with E-state index in [0.29, 0.717) is 31.7 Å². The SMILES string of the molecule is Cc1ccccc1NC(=O)CN1C(=O)NC2(CCOCC2)C1=O. The number of nitrogens with zero attached hydrogens (tertiary/aromatic N) is 1. The van der Waals surface area contributed by atoms with Crippen molar-refractivity contribution >= 4 is 23.5 Å². The van der Waals surface area contributed by atoms with E-state index < -0.39 is 17.5 Å². The summed E-state index contributed by atoms with van der Waals surface area (Å²) in [5, 5.41) is 5.46. The van der Waals surface area contributed by atoms with Crippen molar-refractivity contribution in [1.29, 1.82) is 0 Å². The molecule has 0 radical (unpaired) electrons. The van der Waals surface area contributed by atoms with E-state index in [9.17, 15) is 14.4 Å². The number of imide groups is 1. The van der Waals surface area contributed by atoms with Gasteiger partial charge in [-0.15, -0.1) is 0 Å². The lowest BCUT2D eigenvalue weighted by molar-refractivity contribution is -0.136. The van der Waals surface area contributed by atoms with Gasteiger partial charge in [0.25, 0.3) is 5.91 Å². The Kier molecular flexibility index (Phi) is 4.04. The first-order valence-electron chi connectivity index (χ1n) is 7.59. The molecule has 2 heterocycles. The van der Waals surface area contributed by atoms with Gasteiger partial charge in [0.05, 0.1) is 0 Å². The van der Waals surface area contributed by atoms with Crippen molar-refractivity contribution in [2.75, 3.05) is 25.1 Å². The summed E-state index contributed by atoms with van der Waals surface area (Å²) in [5.74, 6) is -0.738. The fourth-order valence-corrected chi connectivity index (χ4v) is 2.93. The highest BCUT2D eigenvalue weighted by Crippen LogP contribution is 2.28. The molecule has 7 nitrogen and oxygen atoms in total. The molecule has 2 saturated heterocycles. The van der Waals surface area contributed by atoms with E-state index >= 15 is 0 Å². The number of hydrogen-bond acceptors (Lipinski definition) is 4. The molecule has 0 aliphatic carbocycles. The molecule has 2 aliphatic rings. The van der Waals surface area contributed by atoms with E-state index in [1.165, 1.54) is 0 Å². The van der Waals surface area contributed by atoms with Crippen molar-refractivity contribution < 1.29 is 19.1 Å². The lowest BCUT2D eigenvalue weighted by atomic mass is 9.90. The molecular formula is C16H19N3O4. The number of ether oxygens (including phenoxy) is 1. The maximum Gasteiger partial charge on any atom is 0.325 e. The maximum absolute atomic E-state index is 12.6. The Balaban J connectivity index is 1.68. The standard InChI is InChI=1S/C16H19N3O4/c1-11-4-2-3-5-12(11)17-13(20)10-19-14(21)16(18-15(19)22)6-8-23-9-7-16/h2-5H,6-10H2,1H3,(H,17,20)(H,18,22). The molecule has 3 rings (SSSR count). The van der Waals surface area contributed by atoms with E-state index in [-0.39, 0.29) is 12.5 Å². The molecule has 2 aliphatic heterocycles. The molecule has 4 amide bonds. The number of benzene rings is 1. The molecule has 1 spiro atoms. The number of urea groups is 1. The fourth-order valence-electron chi connectivity index (χ4n) is 2.93. The molecule has 0 aromatic heterocycles. The normalized spacial score (nSPS) is 19.8. The third kappa shape index (κ3) is 2.92. The number of hydrogen-bond donors (Lipinski definition) is 2. The summed E-state index contributed by atoms with van der Waals surface area (Å²) < 4.78 is 5.25. The number of carbonyl (C=O) groups is 3. The first-order chi connectivity index (χ1) is 11.0. The number of carbonyl (C=O) groups excluding carboxylic acids is 3. The summed E-state index contributed by atoms with van der Waals surface area (Å²) in [5.41, 5.74) is 0.683. The van der Waals surface area contributed by atoms with E-state index in [2.05, 4.69) is 10.6 Å². The van der Waals surface area contributed by atoms with Crippen LogP contribution in [0.25, 0.3) is 0 Å². The summed E-state index contributed by atoms with van der Waals surface area (Å²) in [4.78, 5) is 37.8. The van der Waals surface area contributed by atoms with Gasteiger partial charge in [-0.25, -0.2) is 4.79 Å². The van der Waals surface area contributed by atoms with Gasteiger partial charge in [0.2, 0.25) is 5.91 Å². The molecule has 0 saturated carbocycles. The van der Waals surface area contributed by atoms with Crippen LogP contribution in [0.2, 0.25) is 0 Å². The van der Waals surface area contributed by atoms with Crippen LogP contribution in [0.1, 0.15) is 18.4 Å². The zero-order valence-corrected chi connectivity index (χ0v) is 12.9. The van der Waals surface area contributed by atoms with Crippen molar-refractivity contribution in [2.24, 2.45) is 0 Å². The third-order valence-electron chi connectivity index (χ3n) is 4.31. The van der Waals surface area contributed by atoms with Crippen molar-refractivity contribution in [3.8, 4) is 0 Å². The van der Waals surface area contributed by atoms with Crippen molar-refractivity contribution in [3.05, 3.63) is 29.8 Å². The zero-order valence-electron chi connectivity index (χ0n) is 12.9. The molecular weight excluding hydrogens is 298 g/mol. The first-order valence-corrected chi connectivity index (χ1v) is 7.59. The summed E-state index contributed by atoms with van der Waals surface area (Å²) in [6, 6.07) is 6.82. The van der Waals surface area contributed by atoms with Gasteiger partial charge in [0.15, 0.2) is 0 Å². The highest BCUT2D eigenvalue weighted by Gasteiger charge is 2.52. The number of aryl methyl sites for hydroxylation is 1. The van der Waals surface area contributed by atoms with Gasteiger partial charge in [0.1, 0.15) is 12.1 Å². The number of para-hydroxylation sites is 1. The number of nitrogens with one attached hydrogen (secondary N) is 2. The molecule has 7 heteroatoms. The van der Waals surface area contributed by atoms with Crippen molar-refractivity contribution in [1.82, 2.24) is 10.2 Å². The maximum atomic E-state index is 12.6. The second-order valence-electron chi connectivity index (χ2n) is 5.88. The van der Waals surface area contributed by atoms with Gasteiger partial charge in [0, 0.05) is 31.7 Å². The second kappa shape index (κ2) is 6.00. The highest BCUT2D eigenvalue weighted by atomic mass is 16.5. The van der Waals surface area contributed by atoms with Gasteiger partial charge in [-0.3, -0.25) is 14.5 Å². The van der Waals surface area contributed by atoms with Gasteiger partial charge in [-0.05, 0) is 18.6 Å². The summed E-state index contributed by atoms with van der Waals surface area (Å²) in [6.07, 6.45) is 0.876. The highest BCUT2D eigenvalue weighted by molar-refractivity contribution is 6.10. The molecule has 0 unspecified atom stereocenters. The average Bonchev–Trinajstić information content (AvgIpc) is 2.75. The minimum Gasteiger partial charge on any atom is -0.381 e. The Bertz CT molecular complexity index is 652. The average molecular weight is 317 g/mol. The Morgan fingerprint density at radius 2 is 2.00 bits per heavy atom. The lowest BCUT2D eigenvalue weighted by Crippen LogP contribution is -2.51. The van der Waals surface area contributed by atoms with Crippen LogP contribution in [0.3, 0.4) is 0 Å². The lowest BCUT2D eigenvalue weighted by Gasteiger charge is -2.30. The molecule has 1 aromatic carbocycles. The second-order valence-corrected chi connectivity index (χ2v) is 5.88. The summed E-state index contributed by atoms with van der Waals surface area (Å²) in [6.45, 7) is 2.44. The zero-order chi connectivity index (χ0) is 16.4. The summed E-state index contributed by atoms with van der Waals surface area (Å²) in [7, 11) is 0. The molecule has 23 heavy (non-hydrogen) atoms. The molecule has 2 fully saturated rings. The van der Waals surface area contributed by atoms with Crippen LogP contribution < -0.4 is 10.6 Å². The van der Waals surface area contributed by atoms with Gasteiger partial charge in [-0.2, -0.15) is 0 Å². The number of rotatable bonds is 3. The topological polar surface area (TPSA) is 87.7 Å². The predicted octanol–water partition coefficient (Wildman–Crippen LogP) is 1.03. The van der Waals surface area contributed by atoms with Crippen LogP contribution >= 0.6 is 0 Å². The van der Waals surface area contributed by atoms with Crippen LogP contribution in [0.4, 0.5) is 10.5 Å². The van der Waals surface area contributed by atoms with Crippen LogP contribution in [0, 0.1) is 6.92 Å². The Labute approximate surface area is 134 Å². The van der Waals surface area contributed by atoms with Crippen molar-refractivity contribution in [2.45, 2.75) is 25.3 Å². The Hall–Kier alpha value is -2.41. The molecule has 0 atom stereocenters. The Morgan fingerprint density at radius 1 is 1.30 bits per heavy atom. The summed E-state index contributed by atoms with van der Waals surface area (Å²) >= 11 is 0. The van der Waals surface area contributed by atoms with Gasteiger partial charge in [-0.1, -0.05) is 18.2 Å². The van der Waals surface area contributed by atoms with Crippen LogP contribution in [0.15, 0.2) is 24.3 Å². The smallest absolute Gasteiger partial charge is 0.325 e. The van der Waals surface area contributed by atoms with Crippen molar-refractivity contribution in [3.63, 3.8) is 0 Å². The minimum absolute atomic E-state index is 0.290. The van der Waals surface area contributed by atoms with E-state index in [4.69, 9.17) is 4.74 Å². The minimum atomic E-state index is -0.904. The van der Waals surface area contributed by atoms with E-state index in [1.54, 1.807) is 6.07 Å². The number of amides is 4.